The van der Waals surface area contributed by atoms with Crippen LogP contribution < -0.4 is 0 Å². The molecule has 0 aliphatic heterocycles. The fraction of sp³-hybridized carbons (Fsp3) is 0.133. The Morgan fingerprint density at radius 3 is 2.74 bits per heavy atom. The van der Waals surface area contributed by atoms with E-state index >= 15 is 0 Å². The van der Waals surface area contributed by atoms with Crippen LogP contribution in [0.3, 0.4) is 0 Å². The van der Waals surface area contributed by atoms with Crippen LogP contribution in [0.4, 0.5) is 0 Å². The molecule has 0 aliphatic carbocycles. The number of halogens is 1. The van der Waals surface area contributed by atoms with Gasteiger partial charge in [0.15, 0.2) is 0 Å². The molecule has 3 aromatic rings. The molecule has 2 aromatic carbocycles. The van der Waals surface area contributed by atoms with Crippen LogP contribution in [0.15, 0.2) is 42.5 Å². The van der Waals surface area contributed by atoms with Gasteiger partial charge in [-0.2, -0.15) is 0 Å². The van der Waals surface area contributed by atoms with Crippen molar-refractivity contribution >= 4 is 22.6 Å². The maximum Gasteiger partial charge on any atom is 0.144 e. The van der Waals surface area contributed by atoms with Gasteiger partial charge >= 0.3 is 0 Å². The van der Waals surface area contributed by atoms with Gasteiger partial charge in [-0.05, 0) is 37.3 Å². The number of hydrogen-bond donors (Lipinski definition) is 1. The molecule has 1 N–H and O–H groups in total. The fourth-order valence-electron chi connectivity index (χ4n) is 2.28. The zero-order valence-corrected chi connectivity index (χ0v) is 11.2. The Morgan fingerprint density at radius 2 is 2.00 bits per heavy atom. The predicted octanol–water partition coefficient (Wildman–Crippen LogP) is 4.08. The summed E-state index contributed by atoms with van der Waals surface area (Å²) in [6.07, 6.45) is 0. The van der Waals surface area contributed by atoms with Gasteiger partial charge in [0.2, 0.25) is 0 Å². The minimum atomic E-state index is 0.235. The summed E-state index contributed by atoms with van der Waals surface area (Å²) in [6, 6.07) is 12.8. The molecule has 0 saturated heterocycles. The van der Waals surface area contributed by atoms with Gasteiger partial charge in [0, 0.05) is 11.6 Å². The number of phenolic OH excluding ortho intramolecular Hbond substituents is 1. The zero-order chi connectivity index (χ0) is 13.4. The highest BCUT2D eigenvalue weighted by Gasteiger charge is 2.14. The van der Waals surface area contributed by atoms with Crippen LogP contribution in [-0.2, 0) is 6.54 Å². The normalized spacial score (nSPS) is 11.1. The van der Waals surface area contributed by atoms with Gasteiger partial charge in [0.1, 0.15) is 11.6 Å². The van der Waals surface area contributed by atoms with Crippen molar-refractivity contribution in [3.8, 4) is 17.1 Å². The first kappa shape index (κ1) is 12.1. The van der Waals surface area contributed by atoms with Gasteiger partial charge in [-0.3, -0.25) is 0 Å². The molecular formula is C15H13ClN2O. The smallest absolute Gasteiger partial charge is 0.144 e. The molecule has 1 aromatic heterocycles. The summed E-state index contributed by atoms with van der Waals surface area (Å²) in [5.74, 6) is 0.997. The van der Waals surface area contributed by atoms with Crippen molar-refractivity contribution in [2.75, 3.05) is 0 Å². The maximum atomic E-state index is 9.98. The highest BCUT2D eigenvalue weighted by molar-refractivity contribution is 6.31. The van der Waals surface area contributed by atoms with Gasteiger partial charge in [-0.25, -0.2) is 4.98 Å². The van der Waals surface area contributed by atoms with E-state index in [4.69, 9.17) is 11.6 Å². The Morgan fingerprint density at radius 1 is 1.21 bits per heavy atom. The third kappa shape index (κ3) is 1.96. The average molecular weight is 273 g/mol. The molecule has 0 bridgehead atoms. The number of hydrogen-bond acceptors (Lipinski definition) is 2. The molecule has 0 saturated carbocycles. The van der Waals surface area contributed by atoms with E-state index in [9.17, 15) is 5.11 Å². The third-order valence-corrected chi connectivity index (χ3v) is 3.41. The van der Waals surface area contributed by atoms with E-state index in [1.807, 2.05) is 37.3 Å². The summed E-state index contributed by atoms with van der Waals surface area (Å²) in [5, 5.41) is 10.7. The number of nitrogens with zero attached hydrogens (tertiary/aromatic N) is 2. The first-order chi connectivity index (χ1) is 9.20. The first-order valence-corrected chi connectivity index (χ1v) is 6.52. The molecule has 96 valence electrons. The van der Waals surface area contributed by atoms with Crippen molar-refractivity contribution in [3.05, 3.63) is 47.5 Å². The number of para-hydroxylation sites is 1. The maximum absolute atomic E-state index is 9.98. The first-order valence-electron chi connectivity index (χ1n) is 6.15. The van der Waals surface area contributed by atoms with Crippen LogP contribution in [0.1, 0.15) is 6.92 Å². The molecule has 4 heteroatoms. The molecule has 0 aliphatic rings. The number of aromatic hydroxyl groups is 1. The molecule has 3 rings (SSSR count). The van der Waals surface area contributed by atoms with Crippen molar-refractivity contribution in [2.45, 2.75) is 13.5 Å². The molecular weight excluding hydrogens is 260 g/mol. The second-order valence-corrected chi connectivity index (χ2v) is 4.77. The SMILES string of the molecule is CCn1c(-c2ccccc2O)nc2ccc(Cl)cc21. The van der Waals surface area contributed by atoms with Crippen molar-refractivity contribution in [1.29, 1.82) is 0 Å². The number of aryl methyl sites for hydroxylation is 1. The summed E-state index contributed by atoms with van der Waals surface area (Å²) in [5.41, 5.74) is 2.59. The van der Waals surface area contributed by atoms with E-state index in [1.54, 1.807) is 12.1 Å². The van der Waals surface area contributed by atoms with Crippen LogP contribution in [0.2, 0.25) is 5.02 Å². The number of aromatic nitrogens is 2. The predicted molar refractivity (Wildman–Crippen MR) is 77.5 cm³/mol. The lowest BCUT2D eigenvalue weighted by molar-refractivity contribution is 0.476. The van der Waals surface area contributed by atoms with Crippen LogP contribution in [0.5, 0.6) is 5.75 Å². The van der Waals surface area contributed by atoms with Gasteiger partial charge in [-0.1, -0.05) is 23.7 Å². The Balaban J connectivity index is 2.33. The molecule has 0 fully saturated rings. The molecule has 0 atom stereocenters. The number of fused-ring (bicyclic) bond motifs is 1. The van der Waals surface area contributed by atoms with Crippen LogP contribution in [-0.4, -0.2) is 14.7 Å². The molecule has 19 heavy (non-hydrogen) atoms. The molecule has 0 unspecified atom stereocenters. The molecule has 3 nitrogen and oxygen atoms in total. The molecule has 1 heterocycles. The van der Waals surface area contributed by atoms with E-state index in [0.29, 0.717) is 5.02 Å². The Hall–Kier alpha value is -2.00. The second kappa shape index (κ2) is 4.59. The Kier molecular flexibility index (Phi) is 2.91. The van der Waals surface area contributed by atoms with Gasteiger partial charge < -0.3 is 9.67 Å². The van der Waals surface area contributed by atoms with Crippen molar-refractivity contribution in [3.63, 3.8) is 0 Å². The van der Waals surface area contributed by atoms with Crippen LogP contribution in [0.25, 0.3) is 22.4 Å². The molecule has 0 amide bonds. The third-order valence-electron chi connectivity index (χ3n) is 3.17. The van der Waals surface area contributed by atoms with Gasteiger partial charge in [0.25, 0.3) is 0 Å². The Labute approximate surface area is 116 Å². The molecule has 0 radical (unpaired) electrons. The zero-order valence-electron chi connectivity index (χ0n) is 10.5. The lowest BCUT2D eigenvalue weighted by Gasteiger charge is -2.07. The minimum absolute atomic E-state index is 0.235. The van der Waals surface area contributed by atoms with E-state index in [0.717, 1.165) is 29.0 Å². The Bertz CT molecular complexity index is 749. The number of imidazole rings is 1. The van der Waals surface area contributed by atoms with Gasteiger partial charge in [0.05, 0.1) is 16.6 Å². The lowest BCUT2D eigenvalue weighted by Crippen LogP contribution is -1.97. The van der Waals surface area contributed by atoms with E-state index in [2.05, 4.69) is 9.55 Å². The standard InChI is InChI=1S/C15H13ClN2O/c1-2-18-13-9-10(16)7-8-12(13)17-15(18)11-5-3-4-6-14(11)19/h3-9,19H,2H2,1H3. The van der Waals surface area contributed by atoms with Crippen molar-refractivity contribution in [1.82, 2.24) is 9.55 Å². The van der Waals surface area contributed by atoms with E-state index in [-0.39, 0.29) is 5.75 Å². The van der Waals surface area contributed by atoms with E-state index < -0.39 is 0 Å². The summed E-state index contributed by atoms with van der Waals surface area (Å²) in [7, 11) is 0. The minimum Gasteiger partial charge on any atom is -0.507 e. The monoisotopic (exact) mass is 272 g/mol. The van der Waals surface area contributed by atoms with Crippen molar-refractivity contribution in [2.24, 2.45) is 0 Å². The second-order valence-electron chi connectivity index (χ2n) is 4.33. The van der Waals surface area contributed by atoms with E-state index in [1.165, 1.54) is 0 Å². The highest BCUT2D eigenvalue weighted by Crippen LogP contribution is 2.31. The summed E-state index contributed by atoms with van der Waals surface area (Å²) in [6.45, 7) is 2.81. The molecule has 0 spiro atoms. The highest BCUT2D eigenvalue weighted by atomic mass is 35.5. The quantitative estimate of drug-likeness (QED) is 0.763. The average Bonchev–Trinajstić information content (AvgIpc) is 2.76. The topological polar surface area (TPSA) is 38.0 Å². The lowest BCUT2D eigenvalue weighted by atomic mass is 10.2. The summed E-state index contributed by atoms with van der Waals surface area (Å²) in [4.78, 5) is 4.60. The number of phenols is 1. The summed E-state index contributed by atoms with van der Waals surface area (Å²) < 4.78 is 2.05. The van der Waals surface area contributed by atoms with Crippen LogP contribution >= 0.6 is 11.6 Å². The van der Waals surface area contributed by atoms with Gasteiger partial charge in [-0.15, -0.1) is 0 Å². The van der Waals surface area contributed by atoms with Crippen LogP contribution in [0, 0.1) is 0 Å². The summed E-state index contributed by atoms with van der Waals surface area (Å²) >= 11 is 6.04. The fourth-order valence-corrected chi connectivity index (χ4v) is 2.45. The van der Waals surface area contributed by atoms with Crippen molar-refractivity contribution < 1.29 is 5.11 Å². The number of benzene rings is 2. The number of rotatable bonds is 2. The largest absolute Gasteiger partial charge is 0.507 e.